The van der Waals surface area contributed by atoms with Gasteiger partial charge in [-0.15, -0.1) is 0 Å². The predicted octanol–water partition coefficient (Wildman–Crippen LogP) is 2.79. The maximum Gasteiger partial charge on any atom is 0.0390 e. The second-order valence-corrected chi connectivity index (χ2v) is 2.62. The van der Waals surface area contributed by atoms with Crippen molar-refractivity contribution >= 4 is 23.4 Å². The van der Waals surface area contributed by atoms with E-state index in [4.69, 9.17) is 17.3 Å². The first-order valence-corrected chi connectivity index (χ1v) is 3.81. The van der Waals surface area contributed by atoms with E-state index >= 15 is 0 Å². The van der Waals surface area contributed by atoms with Crippen molar-refractivity contribution < 1.29 is 0 Å². The van der Waals surface area contributed by atoms with E-state index in [0.717, 1.165) is 16.8 Å². The van der Waals surface area contributed by atoms with Crippen molar-refractivity contribution in [1.29, 1.82) is 0 Å². The minimum Gasteiger partial charge on any atom is -0.398 e. The smallest absolute Gasteiger partial charge is 0.0390 e. The lowest BCUT2D eigenvalue weighted by molar-refractivity contribution is 1.45. The maximum atomic E-state index is 5.70. The fraction of sp³-hybridized carbons (Fsp3) is 0.111. The zero-order valence-corrected chi connectivity index (χ0v) is 7.10. The first kappa shape index (κ1) is 8.15. The molecular weight excluding hydrogens is 158 g/mol. The van der Waals surface area contributed by atoms with Gasteiger partial charge in [0.1, 0.15) is 0 Å². The number of nitrogen functional groups attached to an aromatic ring is 1. The zero-order chi connectivity index (χ0) is 8.27. The molecule has 0 amide bonds. The van der Waals surface area contributed by atoms with Gasteiger partial charge in [-0.1, -0.05) is 23.7 Å². The van der Waals surface area contributed by atoms with Crippen LogP contribution >= 0.6 is 11.6 Å². The number of rotatable bonds is 1. The Morgan fingerprint density at radius 1 is 1.45 bits per heavy atom. The van der Waals surface area contributed by atoms with Gasteiger partial charge in [0.15, 0.2) is 0 Å². The van der Waals surface area contributed by atoms with Crippen LogP contribution in [0.3, 0.4) is 0 Å². The largest absolute Gasteiger partial charge is 0.398 e. The molecule has 0 fully saturated rings. The normalized spacial score (nSPS) is 10.7. The molecule has 0 saturated heterocycles. The van der Waals surface area contributed by atoms with Gasteiger partial charge in [-0.05, 0) is 24.6 Å². The van der Waals surface area contributed by atoms with E-state index in [9.17, 15) is 0 Å². The highest BCUT2D eigenvalue weighted by Crippen LogP contribution is 2.17. The van der Waals surface area contributed by atoms with Crippen LogP contribution in [0.25, 0.3) is 6.08 Å². The molecule has 1 aromatic rings. The summed E-state index contributed by atoms with van der Waals surface area (Å²) in [4.78, 5) is 0. The van der Waals surface area contributed by atoms with Crippen molar-refractivity contribution in [3.8, 4) is 0 Å². The van der Waals surface area contributed by atoms with Crippen LogP contribution in [-0.2, 0) is 0 Å². The molecule has 0 radical (unpaired) electrons. The third-order valence-corrected chi connectivity index (χ3v) is 1.71. The van der Waals surface area contributed by atoms with Gasteiger partial charge in [-0.25, -0.2) is 0 Å². The highest BCUT2D eigenvalue weighted by molar-refractivity contribution is 6.27. The molecule has 0 aliphatic carbocycles. The minimum atomic E-state index is 0.766. The Bertz CT molecular complexity index is 259. The lowest BCUT2D eigenvalue weighted by Crippen LogP contribution is -1.90. The molecule has 0 bridgehead atoms. The minimum absolute atomic E-state index is 0.766. The van der Waals surface area contributed by atoms with Crippen molar-refractivity contribution in [3.05, 3.63) is 34.9 Å². The molecule has 58 valence electrons. The molecule has 11 heavy (non-hydrogen) atoms. The molecule has 1 rings (SSSR count). The third-order valence-electron chi connectivity index (χ3n) is 1.59. The van der Waals surface area contributed by atoms with E-state index in [2.05, 4.69) is 0 Å². The van der Waals surface area contributed by atoms with Gasteiger partial charge in [-0.3, -0.25) is 0 Å². The van der Waals surface area contributed by atoms with Gasteiger partial charge in [0.2, 0.25) is 0 Å². The van der Waals surface area contributed by atoms with Gasteiger partial charge in [0, 0.05) is 16.8 Å². The summed E-state index contributed by atoms with van der Waals surface area (Å²) in [5, 5.41) is 0. The average molecular weight is 168 g/mol. The number of benzene rings is 1. The second-order valence-electron chi connectivity index (χ2n) is 2.37. The Morgan fingerprint density at radius 2 is 2.18 bits per heavy atom. The Kier molecular flexibility index (Phi) is 2.55. The van der Waals surface area contributed by atoms with Crippen molar-refractivity contribution in [3.63, 3.8) is 0 Å². The van der Waals surface area contributed by atoms with E-state index in [0.29, 0.717) is 0 Å². The summed E-state index contributed by atoms with van der Waals surface area (Å²) in [6.07, 6.45) is 1.80. The molecule has 0 aromatic heterocycles. The topological polar surface area (TPSA) is 26.0 Å². The van der Waals surface area contributed by atoms with Crippen LogP contribution in [-0.4, -0.2) is 0 Å². The molecule has 0 unspecified atom stereocenters. The van der Waals surface area contributed by atoms with Crippen LogP contribution in [0.4, 0.5) is 5.69 Å². The summed E-state index contributed by atoms with van der Waals surface area (Å²) in [7, 11) is 0. The molecule has 0 aliphatic rings. The van der Waals surface area contributed by atoms with Crippen LogP contribution in [0.2, 0.25) is 0 Å². The number of aryl methyl sites for hydroxylation is 1. The highest BCUT2D eigenvalue weighted by atomic mass is 35.5. The molecule has 0 spiro atoms. The molecule has 0 atom stereocenters. The SMILES string of the molecule is Cc1cccc(N)c1/C=C\Cl. The number of hydrogen-bond acceptors (Lipinski definition) is 1. The standard InChI is InChI=1S/C9H10ClN/c1-7-3-2-4-9(11)8(7)5-6-10/h2-6H,11H2,1H3/b6-5-. The van der Waals surface area contributed by atoms with Crippen molar-refractivity contribution in [2.24, 2.45) is 0 Å². The molecule has 0 saturated carbocycles. The zero-order valence-electron chi connectivity index (χ0n) is 6.34. The Hall–Kier alpha value is -0.950. The van der Waals surface area contributed by atoms with Gasteiger partial charge < -0.3 is 5.73 Å². The predicted molar refractivity (Wildman–Crippen MR) is 50.5 cm³/mol. The number of anilines is 1. The summed E-state index contributed by atoms with van der Waals surface area (Å²) in [5.41, 5.74) is 10.1. The van der Waals surface area contributed by atoms with Crippen LogP contribution in [0.15, 0.2) is 23.7 Å². The summed E-state index contributed by atoms with van der Waals surface area (Å²) in [5.74, 6) is 0. The fourth-order valence-corrected chi connectivity index (χ4v) is 1.12. The van der Waals surface area contributed by atoms with Crippen LogP contribution in [0.1, 0.15) is 11.1 Å². The number of halogens is 1. The van der Waals surface area contributed by atoms with E-state index in [1.54, 1.807) is 6.08 Å². The maximum absolute atomic E-state index is 5.70. The van der Waals surface area contributed by atoms with Crippen molar-refractivity contribution in [2.75, 3.05) is 5.73 Å². The van der Waals surface area contributed by atoms with E-state index in [-0.39, 0.29) is 0 Å². The first-order valence-electron chi connectivity index (χ1n) is 3.37. The lowest BCUT2D eigenvalue weighted by atomic mass is 10.1. The van der Waals surface area contributed by atoms with E-state index in [1.165, 1.54) is 5.54 Å². The third kappa shape index (κ3) is 1.75. The Balaban J connectivity index is 3.20. The summed E-state index contributed by atoms with van der Waals surface area (Å²) in [6.45, 7) is 2.00. The molecular formula is C9H10ClN. The van der Waals surface area contributed by atoms with Crippen molar-refractivity contribution in [1.82, 2.24) is 0 Å². The van der Waals surface area contributed by atoms with Gasteiger partial charge in [0.25, 0.3) is 0 Å². The fourth-order valence-electron chi connectivity index (χ4n) is 0.994. The molecule has 1 aromatic carbocycles. The van der Waals surface area contributed by atoms with Crippen LogP contribution in [0.5, 0.6) is 0 Å². The van der Waals surface area contributed by atoms with Crippen LogP contribution < -0.4 is 5.73 Å². The van der Waals surface area contributed by atoms with Crippen LogP contribution in [0, 0.1) is 6.92 Å². The van der Waals surface area contributed by atoms with E-state index in [1.807, 2.05) is 25.1 Å². The van der Waals surface area contributed by atoms with Gasteiger partial charge in [-0.2, -0.15) is 0 Å². The highest BCUT2D eigenvalue weighted by Gasteiger charge is 1.96. The molecule has 2 heteroatoms. The number of nitrogens with two attached hydrogens (primary N) is 1. The van der Waals surface area contributed by atoms with Gasteiger partial charge in [0.05, 0.1) is 0 Å². The lowest BCUT2D eigenvalue weighted by Gasteiger charge is -2.02. The Labute approximate surface area is 71.5 Å². The summed E-state index contributed by atoms with van der Waals surface area (Å²) >= 11 is 5.44. The second kappa shape index (κ2) is 3.44. The van der Waals surface area contributed by atoms with E-state index < -0.39 is 0 Å². The number of hydrogen-bond donors (Lipinski definition) is 1. The van der Waals surface area contributed by atoms with Gasteiger partial charge >= 0.3 is 0 Å². The average Bonchev–Trinajstić information content (AvgIpc) is 1.97. The Morgan fingerprint density at radius 3 is 2.73 bits per heavy atom. The van der Waals surface area contributed by atoms with Crippen molar-refractivity contribution in [2.45, 2.75) is 6.92 Å². The summed E-state index contributed by atoms with van der Waals surface area (Å²) in [6, 6.07) is 5.79. The summed E-state index contributed by atoms with van der Waals surface area (Å²) < 4.78 is 0. The molecule has 0 heterocycles. The monoisotopic (exact) mass is 167 g/mol. The first-order chi connectivity index (χ1) is 5.25. The molecule has 2 N–H and O–H groups in total. The molecule has 1 nitrogen and oxygen atoms in total. The molecule has 0 aliphatic heterocycles. The quantitative estimate of drug-likeness (QED) is 0.640.